The first kappa shape index (κ1) is 28.2. The summed E-state index contributed by atoms with van der Waals surface area (Å²) in [4.78, 5) is 0. The Kier molecular flexibility index (Phi) is 6.02. The molecule has 0 unspecified atom stereocenters. The zero-order valence-corrected chi connectivity index (χ0v) is 27.8. The number of para-hydroxylation sites is 2. The molecule has 0 atom stereocenters. The van der Waals surface area contributed by atoms with Gasteiger partial charge in [0.1, 0.15) is 0 Å². The van der Waals surface area contributed by atoms with Crippen LogP contribution in [0, 0.1) is 0 Å². The quantitative estimate of drug-likeness (QED) is 0.169. The van der Waals surface area contributed by atoms with Gasteiger partial charge in [-0.1, -0.05) is 158 Å². The van der Waals surface area contributed by atoms with Crippen molar-refractivity contribution in [1.82, 2.24) is 4.57 Å². The molecule has 0 amide bonds. The molecule has 0 aliphatic rings. The van der Waals surface area contributed by atoms with Gasteiger partial charge in [-0.15, -0.1) is 0 Å². The Morgan fingerprint density at radius 3 is 1.49 bits per heavy atom. The van der Waals surface area contributed by atoms with Crippen molar-refractivity contribution in [2.24, 2.45) is 0 Å². The van der Waals surface area contributed by atoms with Gasteiger partial charge in [0, 0.05) is 27.2 Å². The average Bonchev–Trinajstić information content (AvgIpc) is 3.56. The predicted molar refractivity (Wildman–Crippen MR) is 219 cm³/mol. The average molecular weight is 646 g/mol. The Morgan fingerprint density at radius 1 is 0.294 bits per heavy atom. The minimum atomic E-state index is 1.17. The molecule has 0 N–H and O–H groups in total. The van der Waals surface area contributed by atoms with Crippen LogP contribution in [-0.4, -0.2) is 4.57 Å². The monoisotopic (exact) mass is 645 g/mol. The van der Waals surface area contributed by atoms with Crippen molar-refractivity contribution < 1.29 is 0 Å². The van der Waals surface area contributed by atoms with E-state index in [0.717, 1.165) is 0 Å². The molecule has 1 nitrogen and oxygen atoms in total. The second kappa shape index (κ2) is 10.9. The summed E-state index contributed by atoms with van der Waals surface area (Å²) in [6.45, 7) is 0. The van der Waals surface area contributed by atoms with Gasteiger partial charge in [-0.25, -0.2) is 0 Å². The first-order valence-corrected chi connectivity index (χ1v) is 17.7. The molecule has 0 fully saturated rings. The van der Waals surface area contributed by atoms with E-state index in [1.54, 1.807) is 0 Å². The van der Waals surface area contributed by atoms with Crippen LogP contribution in [0.4, 0.5) is 0 Å². The first-order chi connectivity index (χ1) is 25.3. The number of hydrogen-bond donors (Lipinski definition) is 0. The Balaban J connectivity index is 1.20. The number of hydrogen-bond acceptors (Lipinski definition) is 0. The van der Waals surface area contributed by atoms with Gasteiger partial charge in [0.2, 0.25) is 0 Å². The lowest BCUT2D eigenvalue weighted by Crippen LogP contribution is -1.94. The predicted octanol–water partition coefficient (Wildman–Crippen LogP) is 13.9. The fraction of sp³-hybridized carbons (Fsp3) is 0. The maximum Gasteiger partial charge on any atom is 0.0626 e. The van der Waals surface area contributed by atoms with Crippen molar-refractivity contribution >= 4 is 75.7 Å². The molecule has 1 heterocycles. The van der Waals surface area contributed by atoms with E-state index in [9.17, 15) is 0 Å². The second-order valence-electron chi connectivity index (χ2n) is 13.6. The smallest absolute Gasteiger partial charge is 0.0626 e. The van der Waals surface area contributed by atoms with Crippen molar-refractivity contribution in [1.29, 1.82) is 0 Å². The van der Waals surface area contributed by atoms with Crippen molar-refractivity contribution in [3.05, 3.63) is 188 Å². The highest BCUT2D eigenvalue weighted by atomic mass is 15.0. The normalized spacial score (nSPS) is 11.9. The molecule has 0 aliphatic heterocycles. The zero-order valence-electron chi connectivity index (χ0n) is 27.8. The topological polar surface area (TPSA) is 4.93 Å². The molecule has 0 saturated carbocycles. The van der Waals surface area contributed by atoms with Crippen molar-refractivity contribution in [3.63, 3.8) is 0 Å². The van der Waals surface area contributed by atoms with Crippen molar-refractivity contribution in [2.75, 3.05) is 0 Å². The third-order valence-electron chi connectivity index (χ3n) is 10.9. The summed E-state index contributed by atoms with van der Waals surface area (Å²) in [7, 11) is 0. The molecule has 1 heteroatoms. The van der Waals surface area contributed by atoms with E-state index in [4.69, 9.17) is 0 Å². The molecule has 1 aromatic heterocycles. The minimum absolute atomic E-state index is 1.17. The van der Waals surface area contributed by atoms with Gasteiger partial charge in [-0.2, -0.15) is 0 Å². The van der Waals surface area contributed by atoms with Crippen LogP contribution >= 0.6 is 0 Å². The molecule has 11 aromatic rings. The molecule has 51 heavy (non-hydrogen) atoms. The summed E-state index contributed by atoms with van der Waals surface area (Å²) in [5.74, 6) is 0. The number of aromatic nitrogens is 1. The third-order valence-corrected chi connectivity index (χ3v) is 10.9. The summed E-state index contributed by atoms with van der Waals surface area (Å²) in [6, 6.07) is 69.2. The number of fused-ring (bicyclic) bond motifs is 13. The number of benzene rings is 10. The zero-order chi connectivity index (χ0) is 33.5. The third kappa shape index (κ3) is 4.09. The number of nitrogens with zero attached hydrogens (tertiary/aromatic N) is 1. The Labute approximate surface area is 295 Å². The molecule has 0 radical (unpaired) electrons. The highest BCUT2D eigenvalue weighted by molar-refractivity contribution is 6.38. The standard InChI is InChI=1S/C50H31N/c1-2-15-35(16-3-1)51-47-25-13-12-24-43(47)49-48-41-22-10-8-20-39(41)45(31-46(48)40-21-9-11-23-42(40)50(49)51)33-28-26-32(27-29-33)44-30-34-14-4-5-17-36(34)37-18-6-7-19-38(37)44/h1-31H. The van der Waals surface area contributed by atoms with Crippen molar-refractivity contribution in [2.45, 2.75) is 0 Å². The maximum absolute atomic E-state index is 2.46. The molecule has 10 aromatic carbocycles. The summed E-state index contributed by atoms with van der Waals surface area (Å²) in [5, 5.41) is 15.4. The fourth-order valence-corrected chi connectivity index (χ4v) is 8.74. The van der Waals surface area contributed by atoms with Gasteiger partial charge in [0.25, 0.3) is 0 Å². The van der Waals surface area contributed by atoms with Crippen LogP contribution in [0.2, 0.25) is 0 Å². The Hall–Kier alpha value is -6.70. The van der Waals surface area contributed by atoms with Crippen LogP contribution in [0.1, 0.15) is 0 Å². The van der Waals surface area contributed by atoms with E-state index in [1.165, 1.54) is 104 Å². The molecular formula is C50H31N. The highest BCUT2D eigenvalue weighted by Gasteiger charge is 2.21. The van der Waals surface area contributed by atoms with Crippen LogP contribution in [0.25, 0.3) is 104 Å². The van der Waals surface area contributed by atoms with E-state index >= 15 is 0 Å². The van der Waals surface area contributed by atoms with Crippen molar-refractivity contribution in [3.8, 4) is 27.9 Å². The van der Waals surface area contributed by atoms with Gasteiger partial charge in [-0.3, -0.25) is 0 Å². The summed E-state index contributed by atoms with van der Waals surface area (Å²) >= 11 is 0. The van der Waals surface area contributed by atoms with Gasteiger partial charge >= 0.3 is 0 Å². The molecule has 236 valence electrons. The van der Waals surface area contributed by atoms with E-state index in [2.05, 4.69) is 193 Å². The molecule has 0 aliphatic carbocycles. The van der Waals surface area contributed by atoms with Gasteiger partial charge < -0.3 is 4.57 Å². The van der Waals surface area contributed by atoms with E-state index in [1.807, 2.05) is 0 Å². The fourth-order valence-electron chi connectivity index (χ4n) is 8.74. The molecular weight excluding hydrogens is 615 g/mol. The summed E-state index contributed by atoms with van der Waals surface area (Å²) in [6.07, 6.45) is 0. The van der Waals surface area contributed by atoms with Crippen LogP contribution in [0.5, 0.6) is 0 Å². The maximum atomic E-state index is 2.46. The largest absolute Gasteiger partial charge is 0.309 e. The lowest BCUT2D eigenvalue weighted by atomic mass is 9.87. The van der Waals surface area contributed by atoms with Crippen LogP contribution in [0.3, 0.4) is 0 Å². The van der Waals surface area contributed by atoms with Gasteiger partial charge in [0.15, 0.2) is 0 Å². The first-order valence-electron chi connectivity index (χ1n) is 17.7. The SMILES string of the molecule is c1ccc(-n2c3ccccc3c3c4c5ccccc5c(-c5ccc(-c6cc7ccccc7c7ccccc67)cc5)cc4c4ccccc4c32)cc1. The summed E-state index contributed by atoms with van der Waals surface area (Å²) < 4.78 is 2.46. The van der Waals surface area contributed by atoms with Crippen LogP contribution in [-0.2, 0) is 0 Å². The summed E-state index contributed by atoms with van der Waals surface area (Å²) in [5.41, 5.74) is 8.63. The van der Waals surface area contributed by atoms with Gasteiger partial charge in [-0.05, 0) is 95.7 Å². The number of rotatable bonds is 3. The minimum Gasteiger partial charge on any atom is -0.309 e. The second-order valence-corrected chi connectivity index (χ2v) is 13.6. The highest BCUT2D eigenvalue weighted by Crippen LogP contribution is 2.47. The van der Waals surface area contributed by atoms with Gasteiger partial charge in [0.05, 0.1) is 11.0 Å². The Bertz CT molecular complexity index is 3170. The Morgan fingerprint density at radius 2 is 0.784 bits per heavy atom. The molecule has 0 spiro atoms. The van der Waals surface area contributed by atoms with E-state index < -0.39 is 0 Å². The van der Waals surface area contributed by atoms with E-state index in [-0.39, 0.29) is 0 Å². The molecule has 0 saturated heterocycles. The molecule has 0 bridgehead atoms. The van der Waals surface area contributed by atoms with E-state index in [0.29, 0.717) is 0 Å². The lowest BCUT2D eigenvalue weighted by molar-refractivity contribution is 1.19. The molecule has 11 rings (SSSR count). The van der Waals surface area contributed by atoms with Crippen LogP contribution < -0.4 is 0 Å². The van der Waals surface area contributed by atoms with Crippen LogP contribution in [0.15, 0.2) is 188 Å². The lowest BCUT2D eigenvalue weighted by Gasteiger charge is -2.16.